The van der Waals surface area contributed by atoms with Crippen molar-refractivity contribution in [1.82, 2.24) is 5.01 Å². The standard InChI is InChI=1S/C27H30N4O4S/c1-5-7-24-30-31-25(28)21(26(32)29-27(31)36-24)15-19-8-9-22(23(16-19)33-4)35-11-10-34-20-13-17(3)12-18(6-2)14-20/h8-9,12-16,28H,5-7,10-11H2,1-4H3/b21-15-,28-25?. The summed E-state index contributed by atoms with van der Waals surface area (Å²) in [4.78, 5) is 16.8. The SMILES string of the molecule is CCCC1=NN2C(=N)/C(=C/c3ccc(OCCOc4cc(C)cc(CC)c4)c(OC)c3)C(=O)N=C2S1. The molecule has 36 heavy (non-hydrogen) atoms. The zero-order valence-corrected chi connectivity index (χ0v) is 21.8. The van der Waals surface area contributed by atoms with Gasteiger partial charge in [0.25, 0.3) is 5.91 Å². The van der Waals surface area contributed by atoms with Crippen LogP contribution in [0, 0.1) is 12.3 Å². The van der Waals surface area contributed by atoms with Gasteiger partial charge < -0.3 is 14.2 Å². The Balaban J connectivity index is 1.42. The number of methoxy groups -OCH3 is 1. The van der Waals surface area contributed by atoms with Crippen LogP contribution in [0.4, 0.5) is 0 Å². The highest BCUT2D eigenvalue weighted by Crippen LogP contribution is 2.32. The molecule has 0 bridgehead atoms. The number of hydrazone groups is 1. The maximum absolute atomic E-state index is 12.6. The van der Waals surface area contributed by atoms with Gasteiger partial charge in [0.05, 0.1) is 12.7 Å². The summed E-state index contributed by atoms with van der Waals surface area (Å²) in [5, 5.41) is 15.7. The van der Waals surface area contributed by atoms with E-state index < -0.39 is 5.91 Å². The summed E-state index contributed by atoms with van der Waals surface area (Å²) in [6, 6.07) is 11.6. The van der Waals surface area contributed by atoms with Gasteiger partial charge in [0.1, 0.15) is 24.0 Å². The van der Waals surface area contributed by atoms with Gasteiger partial charge in [0.2, 0.25) is 5.17 Å². The van der Waals surface area contributed by atoms with Crippen molar-refractivity contribution < 1.29 is 19.0 Å². The molecule has 188 valence electrons. The molecule has 2 aliphatic rings. The van der Waals surface area contributed by atoms with Crippen LogP contribution in [0.5, 0.6) is 17.2 Å². The second-order valence-electron chi connectivity index (χ2n) is 8.38. The minimum Gasteiger partial charge on any atom is -0.493 e. The molecule has 0 unspecified atom stereocenters. The molecule has 1 N–H and O–H groups in total. The molecule has 0 saturated heterocycles. The van der Waals surface area contributed by atoms with Crippen LogP contribution in [-0.4, -0.2) is 47.3 Å². The van der Waals surface area contributed by atoms with Crippen LogP contribution in [0.25, 0.3) is 6.08 Å². The molecule has 0 spiro atoms. The van der Waals surface area contributed by atoms with Crippen molar-refractivity contribution in [3.8, 4) is 17.2 Å². The van der Waals surface area contributed by atoms with E-state index in [4.69, 9.17) is 19.6 Å². The molecule has 8 nitrogen and oxygen atoms in total. The lowest BCUT2D eigenvalue weighted by atomic mass is 10.1. The molecular weight excluding hydrogens is 476 g/mol. The van der Waals surface area contributed by atoms with Gasteiger partial charge in [-0.15, -0.1) is 0 Å². The molecule has 2 aliphatic heterocycles. The highest BCUT2D eigenvalue weighted by atomic mass is 32.2. The number of carbonyl (C=O) groups excluding carboxylic acids is 1. The minimum absolute atomic E-state index is 0.0161. The fourth-order valence-corrected chi connectivity index (χ4v) is 4.82. The van der Waals surface area contributed by atoms with E-state index in [9.17, 15) is 4.79 Å². The highest BCUT2D eigenvalue weighted by Gasteiger charge is 2.35. The fourth-order valence-electron chi connectivity index (χ4n) is 3.83. The first-order valence-electron chi connectivity index (χ1n) is 11.9. The number of hydrogen-bond acceptors (Lipinski definition) is 7. The Labute approximate surface area is 215 Å². The van der Waals surface area contributed by atoms with Crippen molar-refractivity contribution >= 4 is 39.8 Å². The van der Waals surface area contributed by atoms with E-state index in [0.29, 0.717) is 35.4 Å². The van der Waals surface area contributed by atoms with Crippen LogP contribution in [0.3, 0.4) is 0 Å². The van der Waals surface area contributed by atoms with E-state index in [-0.39, 0.29) is 11.4 Å². The van der Waals surface area contributed by atoms with Crippen LogP contribution in [0.1, 0.15) is 43.4 Å². The van der Waals surface area contributed by atoms with Gasteiger partial charge in [0.15, 0.2) is 17.3 Å². The van der Waals surface area contributed by atoms with Crippen LogP contribution in [-0.2, 0) is 11.2 Å². The molecule has 4 rings (SSSR count). The van der Waals surface area contributed by atoms with Crippen molar-refractivity contribution in [3.63, 3.8) is 0 Å². The Morgan fingerprint density at radius 2 is 1.89 bits per heavy atom. The first-order valence-corrected chi connectivity index (χ1v) is 12.8. The average Bonchev–Trinajstić information content (AvgIpc) is 3.27. The van der Waals surface area contributed by atoms with E-state index in [1.54, 1.807) is 25.3 Å². The van der Waals surface area contributed by atoms with E-state index in [1.165, 1.54) is 27.9 Å². The van der Waals surface area contributed by atoms with Gasteiger partial charge in [-0.1, -0.05) is 26.0 Å². The van der Waals surface area contributed by atoms with Gasteiger partial charge in [-0.25, -0.2) is 0 Å². The van der Waals surface area contributed by atoms with Crippen LogP contribution >= 0.6 is 11.8 Å². The van der Waals surface area contributed by atoms with Gasteiger partial charge in [0, 0.05) is 0 Å². The Hall–Kier alpha value is -3.59. The summed E-state index contributed by atoms with van der Waals surface area (Å²) < 4.78 is 17.3. The van der Waals surface area contributed by atoms with Crippen LogP contribution in [0.2, 0.25) is 0 Å². The van der Waals surface area contributed by atoms with Crippen LogP contribution in [0.15, 0.2) is 52.1 Å². The third kappa shape index (κ3) is 5.79. The molecule has 2 aromatic carbocycles. The zero-order valence-electron chi connectivity index (χ0n) is 21.0. The van der Waals surface area contributed by atoms with Crippen molar-refractivity contribution in [1.29, 1.82) is 5.41 Å². The average molecular weight is 507 g/mol. The minimum atomic E-state index is -0.453. The van der Waals surface area contributed by atoms with Crippen LogP contribution < -0.4 is 14.2 Å². The van der Waals surface area contributed by atoms with Gasteiger partial charge in [-0.05, 0) is 85.0 Å². The monoisotopic (exact) mass is 506 g/mol. The normalized spacial score (nSPS) is 16.1. The predicted molar refractivity (Wildman–Crippen MR) is 144 cm³/mol. The Morgan fingerprint density at radius 1 is 1.08 bits per heavy atom. The Bertz CT molecular complexity index is 1270. The molecule has 2 aromatic rings. The molecular formula is C27H30N4O4S. The van der Waals surface area contributed by atoms with Gasteiger partial charge in [-0.2, -0.15) is 15.1 Å². The molecule has 1 amide bonds. The molecule has 0 aromatic heterocycles. The third-order valence-corrected chi connectivity index (χ3v) is 6.56. The number of aliphatic imine (C=N–C) groups is 1. The number of aryl methyl sites for hydroxylation is 2. The highest BCUT2D eigenvalue weighted by molar-refractivity contribution is 8.26. The summed E-state index contributed by atoms with van der Waals surface area (Å²) in [6.07, 6.45) is 4.30. The Morgan fingerprint density at radius 3 is 2.64 bits per heavy atom. The van der Waals surface area contributed by atoms with Crippen molar-refractivity contribution in [2.75, 3.05) is 20.3 Å². The number of amidine groups is 2. The smallest absolute Gasteiger partial charge is 0.283 e. The lowest BCUT2D eigenvalue weighted by molar-refractivity contribution is -0.114. The Kier molecular flexibility index (Phi) is 8.10. The van der Waals surface area contributed by atoms with Gasteiger partial charge >= 0.3 is 0 Å². The van der Waals surface area contributed by atoms with E-state index in [1.807, 2.05) is 18.2 Å². The second kappa shape index (κ2) is 11.4. The molecule has 0 radical (unpaired) electrons. The largest absolute Gasteiger partial charge is 0.493 e. The summed E-state index contributed by atoms with van der Waals surface area (Å²) in [7, 11) is 1.56. The number of ether oxygens (including phenoxy) is 3. The molecule has 0 saturated carbocycles. The lowest BCUT2D eigenvalue weighted by Crippen LogP contribution is -2.35. The first-order chi connectivity index (χ1) is 17.4. The number of fused-ring (bicyclic) bond motifs is 1. The van der Waals surface area contributed by atoms with Crippen molar-refractivity contribution in [2.45, 2.75) is 40.0 Å². The molecule has 2 heterocycles. The van der Waals surface area contributed by atoms with E-state index in [2.05, 4.69) is 36.9 Å². The topological polar surface area (TPSA) is 96.6 Å². The van der Waals surface area contributed by atoms with E-state index >= 15 is 0 Å². The number of thioether (sulfide) groups is 1. The lowest BCUT2D eigenvalue weighted by Gasteiger charge is -2.20. The number of hydrogen-bond donors (Lipinski definition) is 1. The summed E-state index contributed by atoms with van der Waals surface area (Å²) >= 11 is 1.34. The first kappa shape index (κ1) is 25.5. The number of rotatable bonds is 10. The number of amides is 1. The number of benzene rings is 2. The fraction of sp³-hybridized carbons (Fsp3) is 0.333. The number of carbonyl (C=O) groups is 1. The summed E-state index contributed by atoms with van der Waals surface area (Å²) in [6.45, 7) is 6.97. The summed E-state index contributed by atoms with van der Waals surface area (Å²) in [5.41, 5.74) is 3.27. The maximum atomic E-state index is 12.6. The number of nitrogens with one attached hydrogen (secondary N) is 1. The molecule has 0 fully saturated rings. The van der Waals surface area contributed by atoms with Crippen molar-refractivity contribution in [3.05, 3.63) is 58.7 Å². The quantitative estimate of drug-likeness (QED) is 0.340. The number of nitrogens with zero attached hydrogens (tertiary/aromatic N) is 3. The molecule has 0 atom stereocenters. The predicted octanol–water partition coefficient (Wildman–Crippen LogP) is 5.44. The van der Waals surface area contributed by atoms with Gasteiger partial charge in [-0.3, -0.25) is 10.2 Å². The van der Waals surface area contributed by atoms with E-state index in [0.717, 1.165) is 30.1 Å². The molecule has 0 aliphatic carbocycles. The molecule has 9 heteroatoms. The maximum Gasteiger partial charge on any atom is 0.283 e. The third-order valence-electron chi connectivity index (χ3n) is 5.59. The second-order valence-corrected chi connectivity index (χ2v) is 9.42. The van der Waals surface area contributed by atoms with Crippen molar-refractivity contribution in [2.24, 2.45) is 10.1 Å². The summed E-state index contributed by atoms with van der Waals surface area (Å²) in [5.74, 6) is 1.48. The zero-order chi connectivity index (χ0) is 25.7.